The molecule has 0 aliphatic heterocycles. The minimum Gasteiger partial charge on any atom is -0.393 e. The Hall–Kier alpha value is -0.300. The second kappa shape index (κ2) is 7.05. The molecule has 1 aliphatic carbocycles. The highest BCUT2D eigenvalue weighted by Gasteiger charge is 2.21. The zero-order valence-electron chi connectivity index (χ0n) is 10.2. The lowest BCUT2D eigenvalue weighted by atomic mass is 9.83. The molecule has 0 aromatic rings. The number of aliphatic hydroxyl groups is 1. The van der Waals surface area contributed by atoms with Crippen molar-refractivity contribution in [3.8, 4) is 0 Å². The first kappa shape index (κ1) is 12.8. The highest BCUT2D eigenvalue weighted by atomic mass is 16.3. The average molecular weight is 210 g/mol. The van der Waals surface area contributed by atoms with Gasteiger partial charge in [0.25, 0.3) is 0 Å². The largest absolute Gasteiger partial charge is 0.393 e. The fraction of sp³-hybridized carbons (Fsp3) is 0.857. The first-order valence-electron chi connectivity index (χ1n) is 6.58. The van der Waals surface area contributed by atoms with Crippen molar-refractivity contribution in [1.29, 1.82) is 0 Å². The van der Waals surface area contributed by atoms with Crippen molar-refractivity contribution in [3.05, 3.63) is 12.2 Å². The van der Waals surface area contributed by atoms with E-state index in [0.29, 0.717) is 5.92 Å². The van der Waals surface area contributed by atoms with Gasteiger partial charge in [0.1, 0.15) is 0 Å². The molecule has 1 rings (SSSR count). The summed E-state index contributed by atoms with van der Waals surface area (Å²) >= 11 is 0. The van der Waals surface area contributed by atoms with Gasteiger partial charge in [0.15, 0.2) is 0 Å². The highest BCUT2D eigenvalue weighted by molar-refractivity contribution is 4.97. The molecule has 1 nitrogen and oxygen atoms in total. The lowest BCUT2D eigenvalue weighted by Crippen LogP contribution is -2.23. The summed E-state index contributed by atoms with van der Waals surface area (Å²) in [7, 11) is 0. The number of hydrogen-bond acceptors (Lipinski definition) is 1. The van der Waals surface area contributed by atoms with E-state index in [4.69, 9.17) is 0 Å². The summed E-state index contributed by atoms with van der Waals surface area (Å²) in [5.41, 5.74) is 1.25. The molecule has 1 atom stereocenters. The first-order chi connectivity index (χ1) is 7.24. The van der Waals surface area contributed by atoms with Crippen LogP contribution in [0.4, 0.5) is 0 Å². The van der Waals surface area contributed by atoms with Crippen molar-refractivity contribution in [2.75, 3.05) is 0 Å². The minimum atomic E-state index is -0.116. The fourth-order valence-electron chi connectivity index (χ4n) is 2.51. The Bertz CT molecular complexity index is 180. The minimum absolute atomic E-state index is 0.116. The van der Waals surface area contributed by atoms with Crippen LogP contribution in [0, 0.1) is 5.92 Å². The monoisotopic (exact) mass is 210 g/mol. The van der Waals surface area contributed by atoms with Gasteiger partial charge in [-0.2, -0.15) is 0 Å². The fourth-order valence-corrected chi connectivity index (χ4v) is 2.51. The Morgan fingerprint density at radius 3 is 2.60 bits per heavy atom. The average Bonchev–Trinajstić information content (AvgIpc) is 2.27. The second-order valence-electron chi connectivity index (χ2n) is 5.02. The predicted octanol–water partition coefficient (Wildman–Crippen LogP) is 4.06. The summed E-state index contributed by atoms with van der Waals surface area (Å²) in [6.45, 7) is 6.27. The smallest absolute Gasteiger partial charge is 0.0605 e. The Morgan fingerprint density at radius 2 is 2.00 bits per heavy atom. The lowest BCUT2D eigenvalue weighted by molar-refractivity contribution is 0.0844. The molecule has 0 aromatic heterocycles. The number of rotatable bonds is 6. The van der Waals surface area contributed by atoms with Crippen molar-refractivity contribution < 1.29 is 5.11 Å². The Kier molecular flexibility index (Phi) is 6.00. The summed E-state index contributed by atoms with van der Waals surface area (Å²) in [5, 5.41) is 10.1. The van der Waals surface area contributed by atoms with Crippen molar-refractivity contribution in [2.24, 2.45) is 5.92 Å². The third-order valence-corrected chi connectivity index (χ3v) is 3.58. The van der Waals surface area contributed by atoms with Gasteiger partial charge in [0.05, 0.1) is 6.10 Å². The van der Waals surface area contributed by atoms with Gasteiger partial charge in [-0.3, -0.25) is 0 Å². The summed E-state index contributed by atoms with van der Waals surface area (Å²) in [5.74, 6) is 0.553. The molecule has 1 fully saturated rings. The molecule has 0 amide bonds. The quantitative estimate of drug-likeness (QED) is 0.655. The van der Waals surface area contributed by atoms with Crippen molar-refractivity contribution in [1.82, 2.24) is 0 Å². The highest BCUT2D eigenvalue weighted by Crippen LogP contribution is 2.29. The van der Waals surface area contributed by atoms with E-state index in [0.717, 1.165) is 12.8 Å². The van der Waals surface area contributed by atoms with Gasteiger partial charge in [-0.1, -0.05) is 44.8 Å². The summed E-state index contributed by atoms with van der Waals surface area (Å²) in [6, 6.07) is 0. The predicted molar refractivity (Wildman–Crippen MR) is 65.9 cm³/mol. The van der Waals surface area contributed by atoms with Crippen LogP contribution in [0.5, 0.6) is 0 Å². The molecule has 88 valence electrons. The lowest BCUT2D eigenvalue weighted by Gasteiger charge is -2.27. The molecule has 1 N–H and O–H groups in total. The van der Waals surface area contributed by atoms with Gasteiger partial charge in [-0.25, -0.2) is 0 Å². The van der Waals surface area contributed by atoms with E-state index in [1.807, 2.05) is 0 Å². The third-order valence-electron chi connectivity index (χ3n) is 3.58. The molecule has 0 saturated heterocycles. The standard InChI is InChI=1S/C14H26O/c1-3-4-8-12(2)11-14(15)13-9-6-5-7-10-13/h13-15H,2-11H2,1H3. The van der Waals surface area contributed by atoms with Gasteiger partial charge in [-0.15, -0.1) is 0 Å². The zero-order valence-corrected chi connectivity index (χ0v) is 10.2. The van der Waals surface area contributed by atoms with Crippen molar-refractivity contribution >= 4 is 0 Å². The van der Waals surface area contributed by atoms with E-state index in [9.17, 15) is 5.11 Å². The molecule has 0 radical (unpaired) electrons. The van der Waals surface area contributed by atoms with Gasteiger partial charge in [-0.05, 0) is 38.0 Å². The number of hydrogen-bond donors (Lipinski definition) is 1. The molecule has 1 heteroatoms. The maximum absolute atomic E-state index is 10.1. The zero-order chi connectivity index (χ0) is 11.1. The van der Waals surface area contributed by atoms with Gasteiger partial charge in [0, 0.05) is 0 Å². The van der Waals surface area contributed by atoms with E-state index in [-0.39, 0.29) is 6.10 Å². The molecule has 0 aromatic carbocycles. The summed E-state index contributed by atoms with van der Waals surface area (Å²) in [4.78, 5) is 0. The Labute approximate surface area is 94.6 Å². The van der Waals surface area contributed by atoms with Gasteiger partial charge in [0.2, 0.25) is 0 Å². The molecular formula is C14H26O. The SMILES string of the molecule is C=C(CCCC)CC(O)C1CCCCC1. The van der Waals surface area contributed by atoms with Crippen molar-refractivity contribution in [2.45, 2.75) is 70.8 Å². The van der Waals surface area contributed by atoms with E-state index in [2.05, 4.69) is 13.5 Å². The van der Waals surface area contributed by atoms with Gasteiger partial charge < -0.3 is 5.11 Å². The molecule has 0 heterocycles. The number of unbranched alkanes of at least 4 members (excludes halogenated alkanes) is 1. The van der Waals surface area contributed by atoms with E-state index < -0.39 is 0 Å². The van der Waals surface area contributed by atoms with Crippen LogP contribution >= 0.6 is 0 Å². The van der Waals surface area contributed by atoms with E-state index in [1.54, 1.807) is 0 Å². The van der Waals surface area contributed by atoms with Crippen LogP contribution in [0.3, 0.4) is 0 Å². The normalized spacial score (nSPS) is 20.1. The van der Waals surface area contributed by atoms with Crippen LogP contribution in [0.15, 0.2) is 12.2 Å². The second-order valence-corrected chi connectivity index (χ2v) is 5.02. The van der Waals surface area contributed by atoms with Crippen LogP contribution in [0.2, 0.25) is 0 Å². The third kappa shape index (κ3) is 4.83. The van der Waals surface area contributed by atoms with Crippen LogP contribution in [-0.4, -0.2) is 11.2 Å². The van der Waals surface area contributed by atoms with Crippen LogP contribution in [-0.2, 0) is 0 Å². The Morgan fingerprint density at radius 1 is 1.33 bits per heavy atom. The summed E-state index contributed by atoms with van der Waals surface area (Å²) < 4.78 is 0. The maximum Gasteiger partial charge on any atom is 0.0605 e. The van der Waals surface area contributed by atoms with Crippen LogP contribution < -0.4 is 0 Å². The molecule has 1 aliphatic rings. The van der Waals surface area contributed by atoms with Crippen LogP contribution in [0.25, 0.3) is 0 Å². The van der Waals surface area contributed by atoms with Crippen LogP contribution in [0.1, 0.15) is 64.7 Å². The van der Waals surface area contributed by atoms with Gasteiger partial charge >= 0.3 is 0 Å². The molecular weight excluding hydrogens is 184 g/mol. The molecule has 1 saturated carbocycles. The van der Waals surface area contributed by atoms with E-state index >= 15 is 0 Å². The topological polar surface area (TPSA) is 20.2 Å². The molecule has 1 unspecified atom stereocenters. The maximum atomic E-state index is 10.1. The van der Waals surface area contributed by atoms with Crippen molar-refractivity contribution in [3.63, 3.8) is 0 Å². The molecule has 0 bridgehead atoms. The Balaban J connectivity index is 2.21. The first-order valence-corrected chi connectivity index (χ1v) is 6.58. The summed E-state index contributed by atoms with van der Waals surface area (Å²) in [6.07, 6.45) is 10.7. The molecule has 0 spiro atoms. The van der Waals surface area contributed by atoms with E-state index in [1.165, 1.54) is 50.5 Å². The molecule has 15 heavy (non-hydrogen) atoms. The number of aliphatic hydroxyl groups excluding tert-OH is 1.